The third kappa shape index (κ3) is 7.31. The third-order valence-electron chi connectivity index (χ3n) is 3.10. The lowest BCUT2D eigenvalue weighted by Gasteiger charge is -2.16. The summed E-state index contributed by atoms with van der Waals surface area (Å²) in [5, 5.41) is 0. The van der Waals surface area contributed by atoms with Gasteiger partial charge in [-0.3, -0.25) is 19.9 Å². The van der Waals surface area contributed by atoms with Gasteiger partial charge in [-0.2, -0.15) is 0 Å². The molecule has 0 bridgehead atoms. The van der Waals surface area contributed by atoms with Gasteiger partial charge in [-0.25, -0.2) is 0 Å². The van der Waals surface area contributed by atoms with Crippen LogP contribution in [0.3, 0.4) is 0 Å². The molecule has 0 radical (unpaired) electrons. The van der Waals surface area contributed by atoms with Crippen LogP contribution in [0.2, 0.25) is 0 Å². The molecule has 4 nitrogen and oxygen atoms in total. The summed E-state index contributed by atoms with van der Waals surface area (Å²) in [6.45, 7) is 16.7. The van der Waals surface area contributed by atoms with E-state index in [0.717, 1.165) is 22.8 Å². The van der Waals surface area contributed by atoms with Gasteiger partial charge in [-0.1, -0.05) is 49.0 Å². The first kappa shape index (κ1) is 21.2. The SMILES string of the molecule is C.Cc1cnc(C(C)(C)C)cn1.Cc1cnc(C(C)(C)C)cn1. The van der Waals surface area contributed by atoms with Crippen LogP contribution in [-0.2, 0) is 10.8 Å². The van der Waals surface area contributed by atoms with Crippen LogP contribution in [0, 0.1) is 13.8 Å². The maximum absolute atomic E-state index is 4.29. The van der Waals surface area contributed by atoms with Gasteiger partial charge in [-0.15, -0.1) is 0 Å². The van der Waals surface area contributed by atoms with E-state index >= 15 is 0 Å². The van der Waals surface area contributed by atoms with Gasteiger partial charge in [-0.05, 0) is 13.8 Å². The maximum Gasteiger partial charge on any atom is 0.0640 e. The molecule has 0 spiro atoms. The van der Waals surface area contributed by atoms with Crippen LogP contribution in [-0.4, -0.2) is 19.9 Å². The lowest BCUT2D eigenvalue weighted by molar-refractivity contribution is 0.564. The Morgan fingerprint density at radius 2 is 0.870 bits per heavy atom. The fourth-order valence-corrected chi connectivity index (χ4v) is 1.56. The van der Waals surface area contributed by atoms with E-state index in [0.29, 0.717) is 0 Å². The van der Waals surface area contributed by atoms with Crippen molar-refractivity contribution in [3.05, 3.63) is 47.6 Å². The van der Waals surface area contributed by atoms with Gasteiger partial charge in [0.1, 0.15) is 0 Å². The Bertz CT molecular complexity index is 517. The summed E-state index contributed by atoms with van der Waals surface area (Å²) in [5.74, 6) is 0. The molecule has 0 amide bonds. The highest BCUT2D eigenvalue weighted by atomic mass is 14.8. The van der Waals surface area contributed by atoms with Crippen molar-refractivity contribution in [3.8, 4) is 0 Å². The van der Waals surface area contributed by atoms with Gasteiger partial charge in [0.25, 0.3) is 0 Å². The monoisotopic (exact) mass is 316 g/mol. The minimum atomic E-state index is 0. The lowest BCUT2D eigenvalue weighted by atomic mass is 9.93. The molecule has 0 saturated carbocycles. The van der Waals surface area contributed by atoms with E-state index in [4.69, 9.17) is 0 Å². The Kier molecular flexibility index (Phi) is 7.49. The fourth-order valence-electron chi connectivity index (χ4n) is 1.56. The second-order valence-corrected chi connectivity index (χ2v) is 7.59. The van der Waals surface area contributed by atoms with Gasteiger partial charge in [0.15, 0.2) is 0 Å². The summed E-state index contributed by atoms with van der Waals surface area (Å²) >= 11 is 0. The average Bonchev–Trinajstić information content (AvgIpc) is 2.38. The molecule has 2 aromatic rings. The zero-order valence-corrected chi connectivity index (χ0v) is 15.1. The zero-order valence-electron chi connectivity index (χ0n) is 15.1. The van der Waals surface area contributed by atoms with Crippen molar-refractivity contribution in [1.29, 1.82) is 0 Å². The standard InChI is InChI=1S/2C9H14N2.CH4/c2*1-7-5-11-8(6-10-7)9(2,3)4;/h2*5-6H,1-4H3;1H4. The van der Waals surface area contributed by atoms with Crippen molar-refractivity contribution in [1.82, 2.24) is 19.9 Å². The number of hydrogen-bond acceptors (Lipinski definition) is 4. The van der Waals surface area contributed by atoms with Crippen LogP contribution in [0.4, 0.5) is 0 Å². The lowest BCUT2D eigenvalue weighted by Crippen LogP contribution is -2.13. The first-order valence-electron chi connectivity index (χ1n) is 7.58. The molecule has 0 N–H and O–H groups in total. The zero-order chi connectivity index (χ0) is 17.0. The van der Waals surface area contributed by atoms with Crippen LogP contribution in [0.5, 0.6) is 0 Å². The molecule has 0 saturated heterocycles. The highest BCUT2D eigenvalue weighted by molar-refractivity contribution is 5.10. The van der Waals surface area contributed by atoms with Crippen LogP contribution in [0.25, 0.3) is 0 Å². The predicted molar refractivity (Wildman–Crippen MR) is 97.7 cm³/mol. The van der Waals surface area contributed by atoms with Crippen molar-refractivity contribution >= 4 is 0 Å². The molecule has 0 aliphatic carbocycles. The predicted octanol–water partition coefficient (Wildman–Crippen LogP) is 4.80. The van der Waals surface area contributed by atoms with E-state index in [9.17, 15) is 0 Å². The topological polar surface area (TPSA) is 51.6 Å². The third-order valence-corrected chi connectivity index (χ3v) is 3.10. The van der Waals surface area contributed by atoms with Gasteiger partial charge < -0.3 is 0 Å². The van der Waals surface area contributed by atoms with Gasteiger partial charge in [0.05, 0.1) is 22.8 Å². The molecule has 0 unspecified atom stereocenters. The Labute approximate surface area is 141 Å². The van der Waals surface area contributed by atoms with Gasteiger partial charge in [0, 0.05) is 35.6 Å². The number of aromatic nitrogens is 4. The molecule has 0 fully saturated rings. The first-order valence-corrected chi connectivity index (χ1v) is 7.58. The number of rotatable bonds is 0. The fraction of sp³-hybridized carbons (Fsp3) is 0.579. The summed E-state index contributed by atoms with van der Waals surface area (Å²) in [6, 6.07) is 0. The highest BCUT2D eigenvalue weighted by Crippen LogP contribution is 2.18. The minimum absolute atomic E-state index is 0. The number of aryl methyl sites for hydroxylation is 2. The Hall–Kier alpha value is -1.84. The Morgan fingerprint density at radius 3 is 1.04 bits per heavy atom. The van der Waals surface area contributed by atoms with E-state index in [-0.39, 0.29) is 18.3 Å². The van der Waals surface area contributed by atoms with Crippen LogP contribution < -0.4 is 0 Å². The average molecular weight is 316 g/mol. The molecule has 2 heterocycles. The van der Waals surface area contributed by atoms with E-state index in [1.807, 2.05) is 26.2 Å². The Balaban J connectivity index is 0.000000403. The van der Waals surface area contributed by atoms with Crippen molar-refractivity contribution in [2.45, 2.75) is 73.6 Å². The van der Waals surface area contributed by atoms with Crippen molar-refractivity contribution in [2.75, 3.05) is 0 Å². The molecule has 2 aromatic heterocycles. The summed E-state index contributed by atoms with van der Waals surface area (Å²) in [7, 11) is 0. The Morgan fingerprint density at radius 1 is 0.565 bits per heavy atom. The smallest absolute Gasteiger partial charge is 0.0640 e. The van der Waals surface area contributed by atoms with Crippen LogP contribution >= 0.6 is 0 Å². The number of nitrogens with zero attached hydrogens (tertiary/aromatic N) is 4. The van der Waals surface area contributed by atoms with E-state index in [1.54, 1.807) is 12.4 Å². The quantitative estimate of drug-likeness (QED) is 0.700. The van der Waals surface area contributed by atoms with Crippen molar-refractivity contribution < 1.29 is 0 Å². The van der Waals surface area contributed by atoms with Crippen molar-refractivity contribution in [3.63, 3.8) is 0 Å². The van der Waals surface area contributed by atoms with Gasteiger partial charge >= 0.3 is 0 Å². The minimum Gasteiger partial charge on any atom is -0.258 e. The highest BCUT2D eigenvalue weighted by Gasteiger charge is 2.15. The number of hydrogen-bond donors (Lipinski definition) is 0. The van der Waals surface area contributed by atoms with Gasteiger partial charge in [0.2, 0.25) is 0 Å². The van der Waals surface area contributed by atoms with E-state index < -0.39 is 0 Å². The molecule has 128 valence electrons. The van der Waals surface area contributed by atoms with Crippen LogP contribution in [0.15, 0.2) is 24.8 Å². The molecule has 4 heteroatoms. The molecule has 0 aromatic carbocycles. The molecular formula is C19H32N4. The summed E-state index contributed by atoms with van der Waals surface area (Å²) in [4.78, 5) is 16.9. The molecule has 0 aliphatic heterocycles. The summed E-state index contributed by atoms with van der Waals surface area (Å²) in [6.07, 6.45) is 7.30. The van der Waals surface area contributed by atoms with Crippen LogP contribution in [0.1, 0.15) is 71.7 Å². The largest absolute Gasteiger partial charge is 0.258 e. The normalized spacial score (nSPS) is 11.1. The molecule has 23 heavy (non-hydrogen) atoms. The maximum atomic E-state index is 4.29. The second-order valence-electron chi connectivity index (χ2n) is 7.59. The molecular weight excluding hydrogens is 284 g/mol. The second kappa shape index (κ2) is 8.14. The molecule has 2 rings (SSSR count). The first-order chi connectivity index (χ1) is 10.00. The van der Waals surface area contributed by atoms with E-state index in [1.165, 1.54) is 0 Å². The van der Waals surface area contributed by atoms with Crippen molar-refractivity contribution in [2.24, 2.45) is 0 Å². The summed E-state index contributed by atoms with van der Waals surface area (Å²) in [5.41, 5.74) is 4.25. The summed E-state index contributed by atoms with van der Waals surface area (Å²) < 4.78 is 0. The molecule has 0 aliphatic rings. The van der Waals surface area contributed by atoms with E-state index in [2.05, 4.69) is 61.5 Å². The molecule has 0 atom stereocenters.